The van der Waals surface area contributed by atoms with Gasteiger partial charge in [0.2, 0.25) is 0 Å². The van der Waals surface area contributed by atoms with Gasteiger partial charge < -0.3 is 5.73 Å². The maximum absolute atomic E-state index is 6.07. The molecule has 0 saturated heterocycles. The molecular formula is C14H11Cl2N. The molecule has 2 aromatic carbocycles. The second-order valence-electron chi connectivity index (χ2n) is 3.67. The van der Waals surface area contributed by atoms with Crippen molar-refractivity contribution in [3.05, 3.63) is 63.6 Å². The quantitative estimate of drug-likeness (QED) is 0.615. The van der Waals surface area contributed by atoms with Crippen molar-refractivity contribution in [2.24, 2.45) is 0 Å². The Labute approximate surface area is 110 Å². The Hall–Kier alpha value is -1.44. The summed E-state index contributed by atoms with van der Waals surface area (Å²) in [5.41, 5.74) is 8.41. The molecule has 0 saturated carbocycles. The van der Waals surface area contributed by atoms with Crippen LogP contribution in [0.1, 0.15) is 11.1 Å². The first-order valence-electron chi connectivity index (χ1n) is 5.14. The molecule has 0 fully saturated rings. The Kier molecular flexibility index (Phi) is 3.72. The van der Waals surface area contributed by atoms with E-state index in [1.54, 1.807) is 6.07 Å². The van der Waals surface area contributed by atoms with Crippen molar-refractivity contribution in [2.45, 2.75) is 0 Å². The fraction of sp³-hybridized carbons (Fsp3) is 0. The van der Waals surface area contributed by atoms with Gasteiger partial charge >= 0.3 is 0 Å². The van der Waals surface area contributed by atoms with Crippen LogP contribution in [0.4, 0.5) is 5.69 Å². The summed E-state index contributed by atoms with van der Waals surface area (Å²) >= 11 is 11.9. The molecular weight excluding hydrogens is 253 g/mol. The Morgan fingerprint density at radius 2 is 1.76 bits per heavy atom. The van der Waals surface area contributed by atoms with Gasteiger partial charge in [-0.15, -0.1) is 0 Å². The molecule has 3 heteroatoms. The average molecular weight is 264 g/mol. The van der Waals surface area contributed by atoms with Crippen LogP contribution in [0.5, 0.6) is 0 Å². The van der Waals surface area contributed by atoms with Crippen LogP contribution < -0.4 is 5.73 Å². The lowest BCUT2D eigenvalue weighted by Crippen LogP contribution is -1.83. The Balaban J connectivity index is 2.26. The molecule has 0 heterocycles. The van der Waals surface area contributed by atoms with Crippen LogP contribution in [0.25, 0.3) is 12.2 Å². The van der Waals surface area contributed by atoms with Crippen LogP contribution in [0.3, 0.4) is 0 Å². The summed E-state index contributed by atoms with van der Waals surface area (Å²) in [6.07, 6.45) is 3.90. The summed E-state index contributed by atoms with van der Waals surface area (Å²) in [4.78, 5) is 0. The molecule has 0 radical (unpaired) electrons. The molecule has 0 aliphatic rings. The van der Waals surface area contributed by atoms with Crippen LogP contribution in [0.2, 0.25) is 10.0 Å². The van der Waals surface area contributed by atoms with E-state index in [0.29, 0.717) is 10.0 Å². The minimum Gasteiger partial charge on any atom is -0.399 e. The van der Waals surface area contributed by atoms with Gasteiger partial charge in [0.1, 0.15) is 0 Å². The van der Waals surface area contributed by atoms with Crippen molar-refractivity contribution in [3.8, 4) is 0 Å². The lowest BCUT2D eigenvalue weighted by molar-refractivity contribution is 1.63. The maximum Gasteiger partial charge on any atom is 0.0493 e. The summed E-state index contributed by atoms with van der Waals surface area (Å²) in [5.74, 6) is 0. The smallest absolute Gasteiger partial charge is 0.0493 e. The largest absolute Gasteiger partial charge is 0.399 e. The predicted molar refractivity (Wildman–Crippen MR) is 76.2 cm³/mol. The van der Waals surface area contributed by atoms with Crippen molar-refractivity contribution >= 4 is 41.0 Å². The summed E-state index contributed by atoms with van der Waals surface area (Å²) in [6, 6.07) is 13.1. The molecule has 0 atom stereocenters. The van der Waals surface area contributed by atoms with Crippen molar-refractivity contribution in [2.75, 3.05) is 5.73 Å². The molecule has 0 bridgehead atoms. The van der Waals surface area contributed by atoms with E-state index >= 15 is 0 Å². The summed E-state index contributed by atoms with van der Waals surface area (Å²) in [6.45, 7) is 0. The van der Waals surface area contributed by atoms with Crippen LogP contribution in [-0.4, -0.2) is 0 Å². The minimum atomic E-state index is 0.635. The van der Waals surface area contributed by atoms with E-state index in [1.165, 1.54) is 0 Å². The zero-order valence-electron chi connectivity index (χ0n) is 9.03. The Morgan fingerprint density at radius 1 is 0.941 bits per heavy atom. The third-order valence-corrected chi connectivity index (χ3v) is 2.89. The van der Waals surface area contributed by atoms with Crippen LogP contribution in [0.15, 0.2) is 42.5 Å². The van der Waals surface area contributed by atoms with E-state index in [4.69, 9.17) is 28.9 Å². The molecule has 0 unspecified atom stereocenters. The topological polar surface area (TPSA) is 26.0 Å². The van der Waals surface area contributed by atoms with Crippen molar-refractivity contribution in [1.82, 2.24) is 0 Å². The standard InChI is InChI=1S/C14H11Cl2N/c15-12-7-6-11(14(16)9-12)5-4-10-2-1-3-13(17)8-10/h1-9H,17H2/b5-4+. The Bertz CT molecular complexity index is 562. The SMILES string of the molecule is Nc1cccc(/C=C/c2ccc(Cl)cc2Cl)c1. The normalized spacial score (nSPS) is 10.9. The second-order valence-corrected chi connectivity index (χ2v) is 4.51. The maximum atomic E-state index is 6.07. The first kappa shape index (κ1) is 12.0. The lowest BCUT2D eigenvalue weighted by Gasteiger charge is -1.99. The van der Waals surface area contributed by atoms with E-state index < -0.39 is 0 Å². The average Bonchev–Trinajstić information content (AvgIpc) is 2.28. The first-order chi connectivity index (χ1) is 8.15. The highest BCUT2D eigenvalue weighted by Gasteiger charge is 1.97. The van der Waals surface area contributed by atoms with Gasteiger partial charge in [0.15, 0.2) is 0 Å². The summed E-state index contributed by atoms with van der Waals surface area (Å²) in [7, 11) is 0. The molecule has 0 aliphatic carbocycles. The van der Waals surface area contributed by atoms with Gasteiger partial charge in [-0.1, -0.05) is 53.6 Å². The van der Waals surface area contributed by atoms with Crippen molar-refractivity contribution < 1.29 is 0 Å². The summed E-state index contributed by atoms with van der Waals surface area (Å²) < 4.78 is 0. The third-order valence-electron chi connectivity index (χ3n) is 2.33. The molecule has 0 aromatic heterocycles. The number of nitrogen functional groups attached to an aromatic ring is 1. The molecule has 2 rings (SSSR count). The molecule has 2 aromatic rings. The van der Waals surface area contributed by atoms with Gasteiger partial charge in [0, 0.05) is 15.7 Å². The first-order valence-corrected chi connectivity index (χ1v) is 5.89. The molecule has 0 amide bonds. The third kappa shape index (κ3) is 3.26. The molecule has 2 N–H and O–H groups in total. The fourth-order valence-electron chi connectivity index (χ4n) is 1.49. The monoisotopic (exact) mass is 263 g/mol. The number of nitrogens with two attached hydrogens (primary N) is 1. The molecule has 1 nitrogen and oxygen atoms in total. The number of hydrogen-bond acceptors (Lipinski definition) is 1. The van der Waals surface area contributed by atoms with E-state index in [0.717, 1.165) is 16.8 Å². The van der Waals surface area contributed by atoms with Crippen LogP contribution in [0, 0.1) is 0 Å². The van der Waals surface area contributed by atoms with E-state index in [9.17, 15) is 0 Å². The zero-order chi connectivity index (χ0) is 12.3. The number of anilines is 1. The molecule has 86 valence electrons. The number of benzene rings is 2. The molecule has 0 spiro atoms. The molecule has 0 aliphatic heterocycles. The second kappa shape index (κ2) is 5.26. The van der Waals surface area contributed by atoms with Gasteiger partial charge in [-0.3, -0.25) is 0 Å². The van der Waals surface area contributed by atoms with Crippen molar-refractivity contribution in [1.29, 1.82) is 0 Å². The lowest BCUT2D eigenvalue weighted by atomic mass is 10.1. The predicted octanol–water partition coefficient (Wildman–Crippen LogP) is 4.75. The highest BCUT2D eigenvalue weighted by Crippen LogP contribution is 2.23. The summed E-state index contributed by atoms with van der Waals surface area (Å²) in [5, 5.41) is 1.27. The van der Waals surface area contributed by atoms with E-state index in [-0.39, 0.29) is 0 Å². The van der Waals surface area contributed by atoms with Gasteiger partial charge in [-0.2, -0.15) is 0 Å². The minimum absolute atomic E-state index is 0.635. The van der Waals surface area contributed by atoms with Crippen molar-refractivity contribution in [3.63, 3.8) is 0 Å². The van der Waals surface area contributed by atoms with Gasteiger partial charge in [0.05, 0.1) is 0 Å². The number of rotatable bonds is 2. The van der Waals surface area contributed by atoms with Gasteiger partial charge in [0.25, 0.3) is 0 Å². The van der Waals surface area contributed by atoms with E-state index in [1.807, 2.05) is 48.6 Å². The zero-order valence-corrected chi connectivity index (χ0v) is 10.5. The number of hydrogen-bond donors (Lipinski definition) is 1. The molecule has 17 heavy (non-hydrogen) atoms. The van der Waals surface area contributed by atoms with Crippen LogP contribution in [-0.2, 0) is 0 Å². The fourth-order valence-corrected chi connectivity index (χ4v) is 1.96. The van der Waals surface area contributed by atoms with Gasteiger partial charge in [-0.05, 0) is 35.4 Å². The van der Waals surface area contributed by atoms with Crippen LogP contribution >= 0.6 is 23.2 Å². The van der Waals surface area contributed by atoms with E-state index in [2.05, 4.69) is 0 Å². The van der Waals surface area contributed by atoms with Gasteiger partial charge in [-0.25, -0.2) is 0 Å². The number of halogens is 2. The Morgan fingerprint density at radius 3 is 2.47 bits per heavy atom. The highest BCUT2D eigenvalue weighted by atomic mass is 35.5. The highest BCUT2D eigenvalue weighted by molar-refractivity contribution is 6.35.